The van der Waals surface area contributed by atoms with Gasteiger partial charge in [-0.2, -0.15) is 0 Å². The summed E-state index contributed by atoms with van der Waals surface area (Å²) in [5.74, 6) is 0. The van der Waals surface area contributed by atoms with Crippen LogP contribution in [0.5, 0.6) is 0 Å². The van der Waals surface area contributed by atoms with E-state index >= 15 is 0 Å². The van der Waals surface area contributed by atoms with Crippen LogP contribution in [0.2, 0.25) is 5.02 Å². The van der Waals surface area contributed by atoms with Gasteiger partial charge in [-0.25, -0.2) is 13.1 Å². The maximum Gasteiger partial charge on any atom is 0.241 e. The zero-order valence-corrected chi connectivity index (χ0v) is 14.2. The van der Waals surface area contributed by atoms with Gasteiger partial charge in [0.2, 0.25) is 10.0 Å². The molecular weight excluding hydrogens is 296 g/mol. The minimum absolute atomic E-state index is 0.243. The van der Waals surface area contributed by atoms with Gasteiger partial charge in [-0.05, 0) is 57.5 Å². The molecule has 0 aliphatic heterocycles. The summed E-state index contributed by atoms with van der Waals surface area (Å²) < 4.78 is 27.6. The molecule has 1 rings (SSSR count). The molecule has 6 heteroatoms. The average molecular weight is 319 g/mol. The summed E-state index contributed by atoms with van der Waals surface area (Å²) in [7, 11) is -3.58. The predicted molar refractivity (Wildman–Crippen MR) is 83.6 cm³/mol. The van der Waals surface area contributed by atoms with Crippen LogP contribution in [0.3, 0.4) is 0 Å². The molecule has 0 spiro atoms. The van der Waals surface area contributed by atoms with Crippen LogP contribution < -0.4 is 10.0 Å². The van der Waals surface area contributed by atoms with E-state index in [9.17, 15) is 8.42 Å². The molecule has 0 saturated carbocycles. The third-order valence-electron chi connectivity index (χ3n) is 2.73. The van der Waals surface area contributed by atoms with Gasteiger partial charge >= 0.3 is 0 Å². The minimum atomic E-state index is -3.58. The van der Waals surface area contributed by atoms with Crippen molar-refractivity contribution in [3.05, 3.63) is 28.3 Å². The third kappa shape index (κ3) is 4.74. The summed E-state index contributed by atoms with van der Waals surface area (Å²) >= 11 is 6.06. The fraction of sp³-hybridized carbons (Fsp3) is 0.571. The van der Waals surface area contributed by atoms with E-state index in [1.807, 2.05) is 27.7 Å². The van der Waals surface area contributed by atoms with Gasteiger partial charge in [0, 0.05) is 17.1 Å². The molecule has 0 radical (unpaired) electrons. The zero-order valence-electron chi connectivity index (χ0n) is 12.7. The van der Waals surface area contributed by atoms with Crippen LogP contribution in [-0.2, 0) is 16.6 Å². The number of benzene rings is 1. The molecule has 2 N–H and O–H groups in total. The Balaban J connectivity index is 3.28. The molecule has 0 saturated heterocycles. The van der Waals surface area contributed by atoms with Crippen LogP contribution in [0.4, 0.5) is 0 Å². The molecule has 0 fully saturated rings. The first-order valence-electron chi connectivity index (χ1n) is 6.60. The Hall–Kier alpha value is -0.620. The van der Waals surface area contributed by atoms with E-state index in [-0.39, 0.29) is 4.90 Å². The zero-order chi connectivity index (χ0) is 15.6. The van der Waals surface area contributed by atoms with Crippen molar-refractivity contribution in [3.63, 3.8) is 0 Å². The van der Waals surface area contributed by atoms with Crippen molar-refractivity contribution in [1.82, 2.24) is 10.0 Å². The Kier molecular flexibility index (Phi) is 5.61. The molecule has 0 aliphatic rings. The van der Waals surface area contributed by atoms with Gasteiger partial charge in [0.25, 0.3) is 0 Å². The lowest BCUT2D eigenvalue weighted by molar-refractivity contribution is 0.491. The largest absolute Gasteiger partial charge is 0.313 e. The summed E-state index contributed by atoms with van der Waals surface area (Å²) in [6.07, 6.45) is 0. The van der Waals surface area contributed by atoms with Gasteiger partial charge in [0.1, 0.15) is 0 Å². The van der Waals surface area contributed by atoms with Crippen molar-refractivity contribution in [1.29, 1.82) is 0 Å². The summed E-state index contributed by atoms with van der Waals surface area (Å²) in [6.45, 7) is 10.6. The van der Waals surface area contributed by atoms with Crippen molar-refractivity contribution in [2.24, 2.45) is 0 Å². The predicted octanol–water partition coefficient (Wildman–Crippen LogP) is 2.83. The van der Waals surface area contributed by atoms with Crippen molar-refractivity contribution in [3.8, 4) is 0 Å². The van der Waals surface area contributed by atoms with Gasteiger partial charge in [-0.15, -0.1) is 0 Å². The lowest BCUT2D eigenvalue weighted by Crippen LogP contribution is -2.40. The second-order valence-corrected chi connectivity index (χ2v) is 7.91. The molecule has 114 valence electrons. The third-order valence-corrected chi connectivity index (χ3v) is 4.83. The standard InChI is InChI=1S/C14H23ClN2O2S/c1-6-16-9-11-7-12(15)8-13(10(11)2)20(18,19)17-14(3,4)5/h7-8,16-17H,6,9H2,1-5H3. The molecule has 0 amide bonds. The smallest absolute Gasteiger partial charge is 0.241 e. The SMILES string of the molecule is CCNCc1cc(Cl)cc(S(=O)(=O)NC(C)(C)C)c1C. The van der Waals surface area contributed by atoms with Crippen molar-refractivity contribution < 1.29 is 8.42 Å². The second-order valence-electron chi connectivity index (χ2n) is 5.82. The van der Waals surface area contributed by atoms with Gasteiger partial charge in [-0.3, -0.25) is 0 Å². The highest BCUT2D eigenvalue weighted by Crippen LogP contribution is 2.25. The summed E-state index contributed by atoms with van der Waals surface area (Å²) in [4.78, 5) is 0.243. The van der Waals surface area contributed by atoms with Crippen LogP contribution >= 0.6 is 11.6 Å². The number of rotatable bonds is 5. The summed E-state index contributed by atoms with van der Waals surface area (Å²) in [6, 6.07) is 3.30. The Morgan fingerprint density at radius 1 is 1.25 bits per heavy atom. The number of sulfonamides is 1. The van der Waals surface area contributed by atoms with Gasteiger partial charge < -0.3 is 5.32 Å². The topological polar surface area (TPSA) is 58.2 Å². The van der Waals surface area contributed by atoms with Crippen molar-refractivity contribution >= 4 is 21.6 Å². The molecule has 0 heterocycles. The van der Waals surface area contributed by atoms with Gasteiger partial charge in [-0.1, -0.05) is 18.5 Å². The van der Waals surface area contributed by atoms with E-state index in [0.29, 0.717) is 11.6 Å². The molecule has 0 unspecified atom stereocenters. The Bertz CT molecular complexity index is 578. The van der Waals surface area contributed by atoms with Crippen LogP contribution in [0, 0.1) is 6.92 Å². The van der Waals surface area contributed by atoms with Crippen LogP contribution in [-0.4, -0.2) is 20.5 Å². The second kappa shape index (κ2) is 6.43. The summed E-state index contributed by atoms with van der Waals surface area (Å²) in [5, 5.41) is 3.61. The van der Waals surface area contributed by atoms with Crippen LogP contribution in [0.1, 0.15) is 38.8 Å². The molecule has 1 aromatic rings. The maximum absolute atomic E-state index is 12.5. The minimum Gasteiger partial charge on any atom is -0.313 e. The fourth-order valence-electron chi connectivity index (χ4n) is 1.89. The Labute approximate surface area is 127 Å². The highest BCUT2D eigenvalue weighted by atomic mass is 35.5. The maximum atomic E-state index is 12.5. The van der Waals surface area contributed by atoms with E-state index in [1.54, 1.807) is 13.0 Å². The van der Waals surface area contributed by atoms with E-state index < -0.39 is 15.6 Å². The van der Waals surface area contributed by atoms with E-state index in [2.05, 4.69) is 10.0 Å². The van der Waals surface area contributed by atoms with E-state index in [4.69, 9.17) is 11.6 Å². The van der Waals surface area contributed by atoms with Crippen molar-refractivity contribution in [2.75, 3.05) is 6.54 Å². The summed E-state index contributed by atoms with van der Waals surface area (Å²) in [5.41, 5.74) is 1.09. The molecular formula is C14H23ClN2O2S. The number of nitrogens with one attached hydrogen (secondary N) is 2. The monoisotopic (exact) mass is 318 g/mol. The number of hydrogen-bond donors (Lipinski definition) is 2. The lowest BCUT2D eigenvalue weighted by Gasteiger charge is -2.22. The molecule has 0 atom stereocenters. The van der Waals surface area contributed by atoms with E-state index in [1.165, 1.54) is 6.07 Å². The molecule has 4 nitrogen and oxygen atoms in total. The molecule has 1 aromatic carbocycles. The Morgan fingerprint density at radius 3 is 2.35 bits per heavy atom. The lowest BCUT2D eigenvalue weighted by atomic mass is 10.1. The van der Waals surface area contributed by atoms with Crippen LogP contribution in [0.15, 0.2) is 17.0 Å². The number of halogens is 1. The quantitative estimate of drug-likeness (QED) is 0.877. The van der Waals surface area contributed by atoms with E-state index in [0.717, 1.165) is 17.7 Å². The van der Waals surface area contributed by atoms with Gasteiger partial charge in [0.05, 0.1) is 4.90 Å². The molecule has 0 aliphatic carbocycles. The highest BCUT2D eigenvalue weighted by molar-refractivity contribution is 7.89. The normalized spacial score (nSPS) is 12.7. The van der Waals surface area contributed by atoms with Gasteiger partial charge in [0.15, 0.2) is 0 Å². The van der Waals surface area contributed by atoms with Crippen molar-refractivity contribution in [2.45, 2.75) is 51.6 Å². The average Bonchev–Trinajstić information content (AvgIpc) is 2.26. The Morgan fingerprint density at radius 2 is 1.85 bits per heavy atom. The highest BCUT2D eigenvalue weighted by Gasteiger charge is 2.24. The molecule has 20 heavy (non-hydrogen) atoms. The number of hydrogen-bond acceptors (Lipinski definition) is 3. The first-order chi connectivity index (χ1) is 9.07. The first kappa shape index (κ1) is 17.4. The fourth-order valence-corrected chi connectivity index (χ4v) is 3.93. The first-order valence-corrected chi connectivity index (χ1v) is 8.46. The van der Waals surface area contributed by atoms with Crippen LogP contribution in [0.25, 0.3) is 0 Å². The molecule has 0 bridgehead atoms. The molecule has 0 aromatic heterocycles.